The van der Waals surface area contributed by atoms with Gasteiger partial charge in [0.25, 0.3) is 0 Å². The first-order chi connectivity index (χ1) is 9.58. The van der Waals surface area contributed by atoms with Crippen LogP contribution in [-0.4, -0.2) is 9.97 Å². The lowest BCUT2D eigenvalue weighted by Gasteiger charge is -2.08. The lowest BCUT2D eigenvalue weighted by molar-refractivity contribution is 1.35. The summed E-state index contributed by atoms with van der Waals surface area (Å²) in [7, 11) is 0. The van der Waals surface area contributed by atoms with Crippen molar-refractivity contribution >= 4 is 28.1 Å². The molecule has 3 aromatic rings. The van der Waals surface area contributed by atoms with Crippen LogP contribution >= 0.6 is 12.2 Å². The second kappa shape index (κ2) is 4.76. The number of aromatic amines is 1. The number of aryl methyl sites for hydroxylation is 2. The molecule has 3 N–H and O–H groups in total. The lowest BCUT2D eigenvalue weighted by Crippen LogP contribution is -2.10. The molecular formula is C17H16N2S. The number of aromatic nitrogens is 1. The monoisotopic (exact) mass is 280 g/mol. The van der Waals surface area contributed by atoms with Gasteiger partial charge in [0.15, 0.2) is 0 Å². The minimum absolute atomic E-state index is 0.429. The topological polar surface area (TPSA) is 41.8 Å². The van der Waals surface area contributed by atoms with Gasteiger partial charge in [-0.3, -0.25) is 0 Å². The van der Waals surface area contributed by atoms with Crippen molar-refractivity contribution in [2.75, 3.05) is 0 Å². The van der Waals surface area contributed by atoms with Crippen LogP contribution in [0.15, 0.2) is 42.5 Å². The average molecular weight is 280 g/mol. The number of fused-ring (bicyclic) bond motifs is 1. The van der Waals surface area contributed by atoms with Gasteiger partial charge in [0.1, 0.15) is 4.99 Å². The molecule has 0 unspecified atom stereocenters. The normalized spacial score (nSPS) is 10.9. The van der Waals surface area contributed by atoms with Gasteiger partial charge in [0, 0.05) is 22.0 Å². The zero-order valence-electron chi connectivity index (χ0n) is 11.5. The molecular weight excluding hydrogens is 264 g/mol. The summed E-state index contributed by atoms with van der Waals surface area (Å²) in [6, 6.07) is 14.5. The fourth-order valence-electron chi connectivity index (χ4n) is 2.61. The predicted molar refractivity (Wildman–Crippen MR) is 89.1 cm³/mol. The molecule has 0 fully saturated rings. The third-order valence-corrected chi connectivity index (χ3v) is 3.82. The van der Waals surface area contributed by atoms with Gasteiger partial charge in [0.05, 0.1) is 5.69 Å². The van der Waals surface area contributed by atoms with E-state index in [1.54, 1.807) is 0 Å². The number of H-pyrrole nitrogens is 1. The highest BCUT2D eigenvalue weighted by Gasteiger charge is 2.16. The van der Waals surface area contributed by atoms with Crippen LogP contribution in [0.4, 0.5) is 0 Å². The molecule has 0 radical (unpaired) electrons. The molecule has 0 saturated heterocycles. The van der Waals surface area contributed by atoms with E-state index in [0.29, 0.717) is 4.99 Å². The summed E-state index contributed by atoms with van der Waals surface area (Å²) in [5.74, 6) is 0. The summed E-state index contributed by atoms with van der Waals surface area (Å²) in [6.45, 7) is 4.19. The SMILES string of the molecule is Cc1ccc(C)c(-c2[nH]c3ccccc3c2C(N)=S)c1. The van der Waals surface area contributed by atoms with E-state index in [9.17, 15) is 0 Å². The molecule has 0 saturated carbocycles. The minimum atomic E-state index is 0.429. The largest absolute Gasteiger partial charge is 0.389 e. The van der Waals surface area contributed by atoms with Crippen LogP contribution in [0.3, 0.4) is 0 Å². The number of thiocarbonyl (C=S) groups is 1. The van der Waals surface area contributed by atoms with E-state index in [4.69, 9.17) is 18.0 Å². The second-order valence-electron chi connectivity index (χ2n) is 5.10. The van der Waals surface area contributed by atoms with Gasteiger partial charge < -0.3 is 10.7 Å². The second-order valence-corrected chi connectivity index (χ2v) is 5.54. The molecule has 1 heterocycles. The van der Waals surface area contributed by atoms with Gasteiger partial charge in [-0.25, -0.2) is 0 Å². The molecule has 0 amide bonds. The van der Waals surface area contributed by atoms with Crippen LogP contribution in [0.1, 0.15) is 16.7 Å². The quantitative estimate of drug-likeness (QED) is 0.694. The summed E-state index contributed by atoms with van der Waals surface area (Å²) < 4.78 is 0. The van der Waals surface area contributed by atoms with Crippen molar-refractivity contribution in [3.8, 4) is 11.3 Å². The Morgan fingerprint density at radius 3 is 2.60 bits per heavy atom. The molecule has 0 bridgehead atoms. The van der Waals surface area contributed by atoms with Crippen molar-refractivity contribution in [1.82, 2.24) is 4.98 Å². The standard InChI is InChI=1S/C17H16N2S/c1-10-7-8-11(2)13(9-10)16-15(17(18)20)12-5-3-4-6-14(12)19-16/h3-9,19H,1-2H3,(H2,18,20). The van der Waals surface area contributed by atoms with E-state index in [2.05, 4.69) is 43.1 Å². The fourth-order valence-corrected chi connectivity index (χ4v) is 2.82. The van der Waals surface area contributed by atoms with E-state index >= 15 is 0 Å². The molecule has 0 aliphatic heterocycles. The summed E-state index contributed by atoms with van der Waals surface area (Å²) >= 11 is 5.26. The van der Waals surface area contributed by atoms with Crippen molar-refractivity contribution in [3.05, 3.63) is 59.2 Å². The number of para-hydroxylation sites is 1. The highest BCUT2D eigenvalue weighted by atomic mass is 32.1. The summed E-state index contributed by atoms with van der Waals surface area (Å²) in [4.78, 5) is 3.89. The first-order valence-corrected chi connectivity index (χ1v) is 6.97. The van der Waals surface area contributed by atoms with Crippen LogP contribution in [0, 0.1) is 13.8 Å². The molecule has 20 heavy (non-hydrogen) atoms. The van der Waals surface area contributed by atoms with Crippen LogP contribution in [0.5, 0.6) is 0 Å². The Bertz CT molecular complexity index is 815. The summed E-state index contributed by atoms with van der Waals surface area (Å²) in [6.07, 6.45) is 0. The molecule has 0 aliphatic rings. The first-order valence-electron chi connectivity index (χ1n) is 6.56. The van der Waals surface area contributed by atoms with E-state index in [-0.39, 0.29) is 0 Å². The Kier molecular flexibility index (Phi) is 3.07. The Balaban J connectivity index is 2.38. The van der Waals surface area contributed by atoms with Gasteiger partial charge in [-0.05, 0) is 31.5 Å². The molecule has 0 aliphatic carbocycles. The lowest BCUT2D eigenvalue weighted by atomic mass is 9.99. The smallest absolute Gasteiger partial charge is 0.106 e. The van der Waals surface area contributed by atoms with Gasteiger partial charge in [-0.15, -0.1) is 0 Å². The van der Waals surface area contributed by atoms with Crippen molar-refractivity contribution < 1.29 is 0 Å². The van der Waals surface area contributed by atoms with Crippen molar-refractivity contribution in [1.29, 1.82) is 0 Å². The van der Waals surface area contributed by atoms with E-state index in [1.807, 2.05) is 18.2 Å². The van der Waals surface area contributed by atoms with E-state index in [1.165, 1.54) is 11.1 Å². The number of nitrogens with two attached hydrogens (primary N) is 1. The highest BCUT2D eigenvalue weighted by molar-refractivity contribution is 7.80. The van der Waals surface area contributed by atoms with Gasteiger partial charge in [-0.2, -0.15) is 0 Å². The third-order valence-electron chi connectivity index (χ3n) is 3.61. The highest BCUT2D eigenvalue weighted by Crippen LogP contribution is 2.32. The van der Waals surface area contributed by atoms with Crippen molar-refractivity contribution in [3.63, 3.8) is 0 Å². The fraction of sp³-hybridized carbons (Fsp3) is 0.118. The van der Waals surface area contributed by atoms with Crippen LogP contribution in [0.2, 0.25) is 0 Å². The van der Waals surface area contributed by atoms with Crippen LogP contribution < -0.4 is 5.73 Å². The zero-order chi connectivity index (χ0) is 14.3. The average Bonchev–Trinajstić information content (AvgIpc) is 2.80. The number of nitrogens with one attached hydrogen (secondary N) is 1. The summed E-state index contributed by atoms with van der Waals surface area (Å²) in [5, 5.41) is 1.08. The molecule has 2 aromatic carbocycles. The minimum Gasteiger partial charge on any atom is -0.389 e. The van der Waals surface area contributed by atoms with E-state index < -0.39 is 0 Å². The Hall–Kier alpha value is -2.13. The van der Waals surface area contributed by atoms with Crippen molar-refractivity contribution in [2.45, 2.75) is 13.8 Å². The molecule has 0 spiro atoms. The molecule has 3 heteroatoms. The van der Waals surface area contributed by atoms with E-state index in [0.717, 1.165) is 27.7 Å². The Labute approximate surface area is 123 Å². The number of rotatable bonds is 2. The first kappa shape index (κ1) is 12.9. The number of hydrogen-bond donors (Lipinski definition) is 2. The molecule has 100 valence electrons. The van der Waals surface area contributed by atoms with Crippen molar-refractivity contribution in [2.24, 2.45) is 5.73 Å². The third kappa shape index (κ3) is 2.00. The Morgan fingerprint density at radius 2 is 1.85 bits per heavy atom. The van der Waals surface area contributed by atoms with Gasteiger partial charge in [0.2, 0.25) is 0 Å². The number of benzene rings is 2. The number of hydrogen-bond acceptors (Lipinski definition) is 1. The van der Waals surface area contributed by atoms with Crippen LogP contribution in [0.25, 0.3) is 22.2 Å². The summed E-state index contributed by atoms with van der Waals surface area (Å²) in [5.41, 5.74) is 12.6. The van der Waals surface area contributed by atoms with Gasteiger partial charge in [-0.1, -0.05) is 48.1 Å². The maximum Gasteiger partial charge on any atom is 0.106 e. The molecule has 1 aromatic heterocycles. The predicted octanol–water partition coefficient (Wildman–Crippen LogP) is 4.09. The van der Waals surface area contributed by atoms with Crippen LogP contribution in [-0.2, 0) is 0 Å². The Morgan fingerprint density at radius 1 is 1.10 bits per heavy atom. The van der Waals surface area contributed by atoms with Gasteiger partial charge >= 0.3 is 0 Å². The zero-order valence-corrected chi connectivity index (χ0v) is 12.3. The maximum absolute atomic E-state index is 5.96. The maximum atomic E-state index is 5.96. The molecule has 2 nitrogen and oxygen atoms in total. The molecule has 0 atom stereocenters. The molecule has 3 rings (SSSR count).